The summed E-state index contributed by atoms with van der Waals surface area (Å²) in [7, 11) is 0. The van der Waals surface area contributed by atoms with Crippen molar-refractivity contribution in [3.63, 3.8) is 0 Å². The van der Waals surface area contributed by atoms with E-state index in [1.54, 1.807) is 18.7 Å². The Morgan fingerprint density at radius 1 is 1.13 bits per heavy atom. The van der Waals surface area contributed by atoms with Crippen LogP contribution in [0.25, 0.3) is 0 Å². The molecule has 0 aliphatic heterocycles. The summed E-state index contributed by atoms with van der Waals surface area (Å²) in [5.41, 5.74) is 1.79. The van der Waals surface area contributed by atoms with Gasteiger partial charge >= 0.3 is 0 Å². The molecular formula is C19H23NO2S. The molecule has 2 atom stereocenters. The number of carbonyl (C=O) groups excluding carboxylic acids is 1. The molecule has 0 aliphatic rings. The number of aliphatic hydroxyl groups is 1. The van der Waals surface area contributed by atoms with E-state index < -0.39 is 6.10 Å². The zero-order valence-electron chi connectivity index (χ0n) is 13.5. The number of aliphatic hydroxyl groups excluding tert-OH is 1. The van der Waals surface area contributed by atoms with E-state index in [1.165, 1.54) is 0 Å². The van der Waals surface area contributed by atoms with E-state index in [0.29, 0.717) is 18.5 Å². The summed E-state index contributed by atoms with van der Waals surface area (Å²) in [4.78, 5) is 13.4. The molecule has 23 heavy (non-hydrogen) atoms. The van der Waals surface area contributed by atoms with Crippen molar-refractivity contribution in [2.45, 2.75) is 30.3 Å². The molecule has 0 bridgehead atoms. The monoisotopic (exact) mass is 329 g/mol. The minimum absolute atomic E-state index is 0.0795. The normalized spacial score (nSPS) is 13.3. The van der Waals surface area contributed by atoms with E-state index in [1.807, 2.05) is 60.9 Å². The van der Waals surface area contributed by atoms with Crippen LogP contribution in [0.3, 0.4) is 0 Å². The predicted molar refractivity (Wildman–Crippen MR) is 96.0 cm³/mol. The summed E-state index contributed by atoms with van der Waals surface area (Å²) in [6.07, 6.45) is 2.23. The van der Waals surface area contributed by atoms with Crippen molar-refractivity contribution in [2.75, 3.05) is 12.8 Å². The molecule has 122 valence electrons. The molecule has 0 spiro atoms. The largest absolute Gasteiger partial charge is 0.393 e. The van der Waals surface area contributed by atoms with Gasteiger partial charge in [-0.05, 0) is 49.4 Å². The molecule has 0 saturated carbocycles. The first-order valence-corrected chi connectivity index (χ1v) is 8.98. The fourth-order valence-corrected chi connectivity index (χ4v) is 2.94. The Labute approximate surface area is 142 Å². The molecule has 2 rings (SSSR count). The van der Waals surface area contributed by atoms with Crippen LogP contribution in [-0.4, -0.2) is 29.9 Å². The lowest BCUT2D eigenvalue weighted by atomic mass is 9.93. The van der Waals surface area contributed by atoms with E-state index in [2.05, 4.69) is 5.32 Å². The van der Waals surface area contributed by atoms with Crippen molar-refractivity contribution < 1.29 is 9.90 Å². The summed E-state index contributed by atoms with van der Waals surface area (Å²) >= 11 is 1.65. The van der Waals surface area contributed by atoms with Crippen molar-refractivity contribution in [3.05, 3.63) is 65.7 Å². The summed E-state index contributed by atoms with van der Waals surface area (Å²) in [5.74, 6) is 0.0230. The van der Waals surface area contributed by atoms with Gasteiger partial charge in [-0.1, -0.05) is 30.3 Å². The maximum absolute atomic E-state index is 12.3. The molecule has 0 fully saturated rings. The van der Waals surface area contributed by atoms with Gasteiger partial charge in [-0.2, -0.15) is 0 Å². The van der Waals surface area contributed by atoms with Crippen molar-refractivity contribution in [1.29, 1.82) is 0 Å². The van der Waals surface area contributed by atoms with Crippen LogP contribution in [0.5, 0.6) is 0 Å². The molecule has 2 N–H and O–H groups in total. The van der Waals surface area contributed by atoms with Crippen LogP contribution < -0.4 is 5.32 Å². The number of hydrogen-bond acceptors (Lipinski definition) is 3. The number of carbonyl (C=O) groups is 1. The number of hydrogen-bond donors (Lipinski definition) is 2. The third-order valence-corrected chi connectivity index (χ3v) is 4.50. The van der Waals surface area contributed by atoms with Crippen LogP contribution in [0.4, 0.5) is 0 Å². The van der Waals surface area contributed by atoms with Crippen LogP contribution in [0, 0.1) is 0 Å². The van der Waals surface area contributed by atoms with Crippen molar-refractivity contribution in [2.24, 2.45) is 0 Å². The zero-order valence-corrected chi connectivity index (χ0v) is 14.3. The first kappa shape index (κ1) is 17.6. The Morgan fingerprint density at radius 3 is 2.35 bits per heavy atom. The van der Waals surface area contributed by atoms with Crippen LogP contribution in [0.15, 0.2) is 59.5 Å². The zero-order chi connectivity index (χ0) is 16.7. The quantitative estimate of drug-likeness (QED) is 0.762. The molecule has 1 amide bonds. The Balaban J connectivity index is 2.01. The lowest BCUT2D eigenvalue weighted by molar-refractivity contribution is 0.0945. The van der Waals surface area contributed by atoms with Gasteiger partial charge in [-0.25, -0.2) is 0 Å². The molecule has 0 aromatic heterocycles. The standard InChI is InChI=1S/C19H23NO2S/c1-14(21)12-17(15-6-4-3-5-7-15)13-20-19(22)16-8-10-18(23-2)11-9-16/h3-11,14,17,21H,12-13H2,1-2H3,(H,20,22). The second-order valence-corrected chi connectivity index (χ2v) is 6.51. The Bertz CT molecular complexity index is 611. The fraction of sp³-hybridized carbons (Fsp3) is 0.316. The van der Waals surface area contributed by atoms with Gasteiger partial charge in [-0.3, -0.25) is 4.79 Å². The van der Waals surface area contributed by atoms with Gasteiger partial charge in [0.05, 0.1) is 6.10 Å². The number of amides is 1. The van der Waals surface area contributed by atoms with Gasteiger partial charge in [0, 0.05) is 22.9 Å². The Kier molecular flexibility index (Phi) is 6.68. The topological polar surface area (TPSA) is 49.3 Å². The van der Waals surface area contributed by atoms with Gasteiger partial charge < -0.3 is 10.4 Å². The highest BCUT2D eigenvalue weighted by Gasteiger charge is 2.16. The first-order chi connectivity index (χ1) is 11.1. The van der Waals surface area contributed by atoms with Gasteiger partial charge in [0.25, 0.3) is 5.91 Å². The van der Waals surface area contributed by atoms with E-state index >= 15 is 0 Å². The molecule has 0 radical (unpaired) electrons. The van der Waals surface area contributed by atoms with Crippen LogP contribution in [0.1, 0.15) is 35.2 Å². The van der Waals surface area contributed by atoms with E-state index in [4.69, 9.17) is 0 Å². The molecule has 2 aromatic rings. The number of nitrogens with one attached hydrogen (secondary N) is 1. The third kappa shape index (κ3) is 5.41. The van der Waals surface area contributed by atoms with Crippen LogP contribution in [-0.2, 0) is 0 Å². The Hall–Kier alpha value is -1.78. The SMILES string of the molecule is CSc1ccc(C(=O)NCC(CC(C)O)c2ccccc2)cc1. The van der Waals surface area contributed by atoms with E-state index in [-0.39, 0.29) is 11.8 Å². The van der Waals surface area contributed by atoms with Gasteiger partial charge in [0.1, 0.15) is 0 Å². The third-order valence-electron chi connectivity index (χ3n) is 3.76. The average molecular weight is 329 g/mol. The summed E-state index contributed by atoms with van der Waals surface area (Å²) in [5, 5.41) is 12.7. The second-order valence-electron chi connectivity index (χ2n) is 5.63. The molecule has 4 heteroatoms. The highest BCUT2D eigenvalue weighted by molar-refractivity contribution is 7.98. The van der Waals surface area contributed by atoms with Crippen molar-refractivity contribution >= 4 is 17.7 Å². The van der Waals surface area contributed by atoms with Gasteiger partial charge in [0.15, 0.2) is 0 Å². The highest BCUT2D eigenvalue weighted by atomic mass is 32.2. The summed E-state index contributed by atoms with van der Waals surface area (Å²) < 4.78 is 0. The smallest absolute Gasteiger partial charge is 0.251 e. The molecule has 3 nitrogen and oxygen atoms in total. The molecule has 0 saturated heterocycles. The number of thioether (sulfide) groups is 1. The number of rotatable bonds is 7. The highest BCUT2D eigenvalue weighted by Crippen LogP contribution is 2.21. The molecule has 2 unspecified atom stereocenters. The maximum atomic E-state index is 12.3. The molecular weight excluding hydrogens is 306 g/mol. The summed E-state index contributed by atoms with van der Waals surface area (Å²) in [6, 6.07) is 17.6. The fourth-order valence-electron chi connectivity index (χ4n) is 2.53. The minimum atomic E-state index is -0.405. The van der Waals surface area contributed by atoms with E-state index in [9.17, 15) is 9.90 Å². The Morgan fingerprint density at radius 2 is 1.78 bits per heavy atom. The van der Waals surface area contributed by atoms with Gasteiger partial charge in [0.2, 0.25) is 0 Å². The second kappa shape index (κ2) is 8.75. The minimum Gasteiger partial charge on any atom is -0.393 e. The van der Waals surface area contributed by atoms with E-state index in [0.717, 1.165) is 10.5 Å². The first-order valence-electron chi connectivity index (χ1n) is 7.75. The lowest BCUT2D eigenvalue weighted by Gasteiger charge is -2.19. The van der Waals surface area contributed by atoms with Crippen molar-refractivity contribution in [1.82, 2.24) is 5.32 Å². The average Bonchev–Trinajstić information content (AvgIpc) is 2.59. The number of benzene rings is 2. The van der Waals surface area contributed by atoms with Crippen molar-refractivity contribution in [3.8, 4) is 0 Å². The lowest BCUT2D eigenvalue weighted by Crippen LogP contribution is -2.29. The van der Waals surface area contributed by atoms with Crippen LogP contribution >= 0.6 is 11.8 Å². The molecule has 2 aromatic carbocycles. The van der Waals surface area contributed by atoms with Crippen LogP contribution in [0.2, 0.25) is 0 Å². The maximum Gasteiger partial charge on any atom is 0.251 e. The molecule has 0 aliphatic carbocycles. The van der Waals surface area contributed by atoms with Gasteiger partial charge in [-0.15, -0.1) is 11.8 Å². The molecule has 0 heterocycles. The predicted octanol–water partition coefficient (Wildman–Crippen LogP) is 3.69. The summed E-state index contributed by atoms with van der Waals surface area (Å²) in [6.45, 7) is 2.29.